The van der Waals surface area contributed by atoms with E-state index in [0.717, 1.165) is 12.1 Å². The van der Waals surface area contributed by atoms with Crippen LogP contribution in [-0.4, -0.2) is 59.8 Å². The van der Waals surface area contributed by atoms with Crippen molar-refractivity contribution < 1.29 is 14.1 Å². The molecule has 8 nitrogen and oxygen atoms in total. The van der Waals surface area contributed by atoms with Gasteiger partial charge in [0.2, 0.25) is 5.89 Å². The number of nitrogens with zero attached hydrogens (tertiary/aromatic N) is 4. The molecular formula is C17H23N5O3. The number of carbonyl (C=O) groups excluding carboxylic acids is 1. The van der Waals surface area contributed by atoms with Gasteiger partial charge < -0.3 is 19.5 Å². The van der Waals surface area contributed by atoms with Gasteiger partial charge in [-0.1, -0.05) is 17.3 Å². The molecule has 1 atom stereocenters. The predicted octanol–water partition coefficient (Wildman–Crippen LogP) is 2.22. The van der Waals surface area contributed by atoms with Crippen LogP contribution in [0.2, 0.25) is 0 Å². The third kappa shape index (κ3) is 3.58. The van der Waals surface area contributed by atoms with E-state index < -0.39 is 0 Å². The third-order valence-electron chi connectivity index (χ3n) is 4.45. The summed E-state index contributed by atoms with van der Waals surface area (Å²) in [5.74, 6) is 1.77. The number of amides is 2. The second kappa shape index (κ2) is 7.10. The summed E-state index contributed by atoms with van der Waals surface area (Å²) >= 11 is 0. The molecule has 1 N–H and O–H groups in total. The van der Waals surface area contributed by atoms with E-state index in [1.54, 1.807) is 18.9 Å². The predicted molar refractivity (Wildman–Crippen MR) is 92.7 cm³/mol. The van der Waals surface area contributed by atoms with Gasteiger partial charge in [0.05, 0.1) is 12.8 Å². The average molecular weight is 345 g/mol. The quantitative estimate of drug-likeness (QED) is 0.918. The molecule has 0 spiro atoms. The van der Waals surface area contributed by atoms with Crippen LogP contribution in [-0.2, 0) is 0 Å². The minimum absolute atomic E-state index is 0.112. The Morgan fingerprint density at radius 1 is 1.36 bits per heavy atom. The number of hydrogen-bond acceptors (Lipinski definition) is 6. The fraction of sp³-hybridized carbons (Fsp3) is 0.471. The van der Waals surface area contributed by atoms with Gasteiger partial charge >= 0.3 is 6.03 Å². The first-order valence-electron chi connectivity index (χ1n) is 8.19. The van der Waals surface area contributed by atoms with Gasteiger partial charge in [0.25, 0.3) is 0 Å². The Morgan fingerprint density at radius 2 is 2.16 bits per heavy atom. The van der Waals surface area contributed by atoms with Crippen LogP contribution < -0.4 is 10.1 Å². The molecule has 0 radical (unpaired) electrons. The second-order valence-corrected chi connectivity index (χ2v) is 6.20. The first-order valence-corrected chi connectivity index (χ1v) is 8.19. The molecule has 0 unspecified atom stereocenters. The molecule has 2 heterocycles. The lowest BCUT2D eigenvalue weighted by atomic mass is 10.1. The molecule has 1 aliphatic rings. The molecule has 134 valence electrons. The van der Waals surface area contributed by atoms with Crippen molar-refractivity contribution in [1.82, 2.24) is 19.9 Å². The van der Waals surface area contributed by atoms with Crippen LogP contribution in [0.4, 0.5) is 10.5 Å². The Morgan fingerprint density at radius 3 is 2.84 bits per heavy atom. The molecule has 1 fully saturated rings. The van der Waals surface area contributed by atoms with E-state index in [2.05, 4.69) is 20.4 Å². The lowest BCUT2D eigenvalue weighted by Gasteiger charge is -2.37. The number of rotatable bonds is 3. The van der Waals surface area contributed by atoms with E-state index in [1.807, 2.05) is 32.2 Å². The van der Waals surface area contributed by atoms with Crippen molar-refractivity contribution in [2.24, 2.45) is 0 Å². The Kier molecular flexibility index (Phi) is 4.89. The minimum Gasteiger partial charge on any atom is -0.495 e. The van der Waals surface area contributed by atoms with Crippen LogP contribution in [0.25, 0.3) is 0 Å². The number of anilines is 1. The monoisotopic (exact) mass is 345 g/mol. The van der Waals surface area contributed by atoms with Gasteiger partial charge in [0.1, 0.15) is 11.8 Å². The topological polar surface area (TPSA) is 83.7 Å². The number of aryl methyl sites for hydroxylation is 2. The number of aromatic nitrogens is 2. The second-order valence-electron chi connectivity index (χ2n) is 6.20. The number of ether oxygens (including phenoxy) is 1. The number of urea groups is 1. The zero-order valence-corrected chi connectivity index (χ0v) is 14.9. The number of methoxy groups -OCH3 is 1. The maximum absolute atomic E-state index is 12.8. The summed E-state index contributed by atoms with van der Waals surface area (Å²) in [7, 11) is 3.58. The highest BCUT2D eigenvalue weighted by Crippen LogP contribution is 2.29. The van der Waals surface area contributed by atoms with Crippen molar-refractivity contribution in [3.63, 3.8) is 0 Å². The number of benzene rings is 1. The van der Waals surface area contributed by atoms with Crippen LogP contribution in [0, 0.1) is 13.8 Å². The van der Waals surface area contributed by atoms with Crippen LogP contribution in [0.1, 0.15) is 23.3 Å². The standard InChI is InChI=1S/C17H23N5O3/c1-11-6-5-7-14(24-4)15(11)19-17(23)22-9-8-21(3)13(10-22)16-18-12(2)20-25-16/h5-7,13H,8-10H2,1-4H3,(H,19,23)/t13-/m0/s1. The van der Waals surface area contributed by atoms with Gasteiger partial charge in [0.15, 0.2) is 5.82 Å². The van der Waals surface area contributed by atoms with E-state index in [0.29, 0.717) is 36.2 Å². The summed E-state index contributed by atoms with van der Waals surface area (Å²) in [6.07, 6.45) is 0. The maximum atomic E-state index is 12.8. The van der Waals surface area contributed by atoms with Crippen molar-refractivity contribution in [2.75, 3.05) is 39.1 Å². The van der Waals surface area contributed by atoms with Crippen LogP contribution >= 0.6 is 0 Å². The zero-order valence-electron chi connectivity index (χ0n) is 14.9. The highest BCUT2D eigenvalue weighted by atomic mass is 16.5. The van der Waals surface area contributed by atoms with E-state index in [9.17, 15) is 4.79 Å². The molecule has 3 rings (SSSR count). The molecule has 1 aromatic carbocycles. The normalized spacial score (nSPS) is 18.2. The third-order valence-corrected chi connectivity index (χ3v) is 4.45. The van der Waals surface area contributed by atoms with Crippen molar-refractivity contribution >= 4 is 11.7 Å². The summed E-state index contributed by atoms with van der Waals surface area (Å²) in [4.78, 5) is 20.9. The maximum Gasteiger partial charge on any atom is 0.322 e. The van der Waals surface area contributed by atoms with Gasteiger partial charge in [-0.05, 0) is 32.5 Å². The lowest BCUT2D eigenvalue weighted by Crippen LogP contribution is -2.50. The minimum atomic E-state index is -0.165. The van der Waals surface area contributed by atoms with Gasteiger partial charge in [-0.2, -0.15) is 4.98 Å². The first kappa shape index (κ1) is 17.2. The molecule has 1 aromatic heterocycles. The van der Waals surface area contributed by atoms with Gasteiger partial charge in [0, 0.05) is 19.6 Å². The highest BCUT2D eigenvalue weighted by Gasteiger charge is 2.32. The largest absolute Gasteiger partial charge is 0.495 e. The van der Waals surface area contributed by atoms with Crippen LogP contribution in [0.5, 0.6) is 5.75 Å². The van der Waals surface area contributed by atoms with Gasteiger partial charge in [-0.3, -0.25) is 4.90 Å². The number of likely N-dealkylation sites (N-methyl/N-ethyl adjacent to an activating group) is 1. The molecule has 0 bridgehead atoms. The Labute approximate surface area is 146 Å². The van der Waals surface area contributed by atoms with Crippen LogP contribution in [0.15, 0.2) is 22.7 Å². The molecule has 25 heavy (non-hydrogen) atoms. The summed E-state index contributed by atoms with van der Waals surface area (Å²) in [5.41, 5.74) is 1.64. The Hall–Kier alpha value is -2.61. The molecule has 0 saturated carbocycles. The smallest absolute Gasteiger partial charge is 0.322 e. The molecule has 2 aromatic rings. The zero-order chi connectivity index (χ0) is 18.0. The summed E-state index contributed by atoms with van der Waals surface area (Å²) in [6, 6.07) is 5.39. The molecular weight excluding hydrogens is 322 g/mol. The SMILES string of the molecule is COc1cccc(C)c1NC(=O)N1CCN(C)[C@H](c2nc(C)no2)C1. The van der Waals surface area contributed by atoms with Crippen LogP contribution in [0.3, 0.4) is 0 Å². The number of hydrogen-bond donors (Lipinski definition) is 1. The number of carbonyl (C=O) groups is 1. The van der Waals surface area contributed by atoms with Gasteiger partial charge in [-0.25, -0.2) is 4.79 Å². The summed E-state index contributed by atoms with van der Waals surface area (Å²) in [5, 5.41) is 6.82. The van der Waals surface area contributed by atoms with Crippen molar-refractivity contribution in [1.29, 1.82) is 0 Å². The number of para-hydroxylation sites is 1. The number of piperazine rings is 1. The van der Waals surface area contributed by atoms with Gasteiger partial charge in [-0.15, -0.1) is 0 Å². The van der Waals surface area contributed by atoms with Crippen molar-refractivity contribution in [3.8, 4) is 5.75 Å². The molecule has 8 heteroatoms. The molecule has 0 aliphatic carbocycles. The molecule has 1 saturated heterocycles. The van der Waals surface area contributed by atoms with Crippen molar-refractivity contribution in [2.45, 2.75) is 19.9 Å². The van der Waals surface area contributed by atoms with E-state index in [1.165, 1.54) is 0 Å². The Bertz CT molecular complexity index is 760. The first-order chi connectivity index (χ1) is 12.0. The summed E-state index contributed by atoms with van der Waals surface area (Å²) < 4.78 is 10.6. The molecule has 2 amide bonds. The van der Waals surface area contributed by atoms with E-state index >= 15 is 0 Å². The fourth-order valence-corrected chi connectivity index (χ4v) is 2.93. The highest BCUT2D eigenvalue weighted by molar-refractivity contribution is 5.92. The lowest BCUT2D eigenvalue weighted by molar-refractivity contribution is 0.0960. The number of nitrogens with one attached hydrogen (secondary N) is 1. The average Bonchev–Trinajstić information content (AvgIpc) is 3.03. The summed E-state index contributed by atoms with van der Waals surface area (Å²) in [6.45, 7) is 5.56. The van der Waals surface area contributed by atoms with E-state index in [4.69, 9.17) is 9.26 Å². The van der Waals surface area contributed by atoms with E-state index in [-0.39, 0.29) is 12.1 Å². The fourth-order valence-electron chi connectivity index (χ4n) is 2.93. The molecule has 1 aliphatic heterocycles. The Balaban J connectivity index is 1.75. The van der Waals surface area contributed by atoms with Crippen molar-refractivity contribution in [3.05, 3.63) is 35.5 Å².